The minimum Gasteiger partial charge on any atom is -0.508 e. The number of hydrogen-bond donors (Lipinski definition) is 1. The first kappa shape index (κ1) is 15.8. The van der Waals surface area contributed by atoms with Crippen LogP contribution in [0.5, 0.6) is 11.5 Å². The predicted molar refractivity (Wildman–Crippen MR) is 85.5 cm³/mol. The van der Waals surface area contributed by atoms with Gasteiger partial charge in [-0.15, -0.1) is 19.7 Å². The van der Waals surface area contributed by atoms with Gasteiger partial charge in [0, 0.05) is 16.7 Å². The average molecular weight is 270 g/mol. The summed E-state index contributed by atoms with van der Waals surface area (Å²) in [5.41, 5.74) is 2.72. The van der Waals surface area contributed by atoms with E-state index in [1.807, 2.05) is 0 Å². The van der Waals surface area contributed by atoms with Crippen molar-refractivity contribution in [2.45, 2.75) is 19.3 Å². The summed E-state index contributed by atoms with van der Waals surface area (Å²) >= 11 is 0. The fourth-order valence-electron chi connectivity index (χ4n) is 2.16. The monoisotopic (exact) mass is 270 g/mol. The van der Waals surface area contributed by atoms with Gasteiger partial charge in [-0.05, 0) is 25.3 Å². The van der Waals surface area contributed by atoms with Gasteiger partial charge in [0.25, 0.3) is 0 Å². The Balaban J connectivity index is 3.46. The molecular weight excluding hydrogens is 248 g/mol. The molecule has 0 atom stereocenters. The molecule has 1 aromatic carbocycles. The van der Waals surface area contributed by atoms with Gasteiger partial charge in [0.2, 0.25) is 0 Å². The maximum Gasteiger partial charge on any atom is 0.127 e. The van der Waals surface area contributed by atoms with Crippen LogP contribution in [-0.4, -0.2) is 11.7 Å². The Morgan fingerprint density at radius 2 is 1.50 bits per heavy atom. The SMILES string of the molecule is C=CCOc1c(CC=C)cc(O)c(CC=C)c1CC=C. The summed E-state index contributed by atoms with van der Waals surface area (Å²) < 4.78 is 5.81. The maximum absolute atomic E-state index is 10.2. The minimum absolute atomic E-state index is 0.268. The normalized spacial score (nSPS) is 9.80. The van der Waals surface area contributed by atoms with Crippen LogP contribution in [0.1, 0.15) is 16.7 Å². The summed E-state index contributed by atoms with van der Waals surface area (Å²) in [6, 6.07) is 1.74. The first-order valence-electron chi connectivity index (χ1n) is 6.62. The van der Waals surface area contributed by atoms with Crippen LogP contribution in [0.4, 0.5) is 0 Å². The number of phenols is 1. The van der Waals surface area contributed by atoms with Crippen molar-refractivity contribution in [1.29, 1.82) is 0 Å². The maximum atomic E-state index is 10.2. The molecule has 0 saturated heterocycles. The Hall–Kier alpha value is -2.22. The van der Waals surface area contributed by atoms with Crippen LogP contribution in [0, 0.1) is 0 Å². The first-order chi connectivity index (χ1) is 9.69. The molecule has 20 heavy (non-hydrogen) atoms. The molecule has 106 valence electrons. The van der Waals surface area contributed by atoms with E-state index in [0.29, 0.717) is 25.9 Å². The second-order valence-electron chi connectivity index (χ2n) is 4.42. The highest BCUT2D eigenvalue weighted by atomic mass is 16.5. The fraction of sp³-hybridized carbons (Fsp3) is 0.222. The van der Waals surface area contributed by atoms with Crippen molar-refractivity contribution in [3.63, 3.8) is 0 Å². The van der Waals surface area contributed by atoms with E-state index in [1.165, 1.54) is 0 Å². The van der Waals surface area contributed by atoms with Crippen molar-refractivity contribution in [2.75, 3.05) is 6.61 Å². The predicted octanol–water partition coefficient (Wildman–Crippen LogP) is 4.14. The third kappa shape index (κ3) is 3.64. The zero-order valence-corrected chi connectivity index (χ0v) is 11.9. The van der Waals surface area contributed by atoms with Crippen molar-refractivity contribution in [2.24, 2.45) is 0 Å². The number of rotatable bonds is 9. The Labute approximate surface area is 121 Å². The highest BCUT2D eigenvalue weighted by Crippen LogP contribution is 2.35. The molecule has 1 N–H and O–H groups in total. The average Bonchev–Trinajstić information content (AvgIpc) is 2.43. The standard InChI is InChI=1S/C18H22O2/c1-5-9-14-13-17(19)15(10-6-2)16(11-7-3)18(14)20-12-8-4/h5-8,13,19H,1-4,9-12H2. The zero-order valence-electron chi connectivity index (χ0n) is 11.9. The highest BCUT2D eigenvalue weighted by molar-refractivity contribution is 5.55. The van der Waals surface area contributed by atoms with E-state index >= 15 is 0 Å². The summed E-state index contributed by atoms with van der Waals surface area (Å²) in [4.78, 5) is 0. The lowest BCUT2D eigenvalue weighted by Crippen LogP contribution is -2.05. The lowest BCUT2D eigenvalue weighted by molar-refractivity contribution is 0.354. The van der Waals surface area contributed by atoms with E-state index in [1.54, 1.807) is 30.4 Å². The van der Waals surface area contributed by atoms with Crippen molar-refractivity contribution in [3.8, 4) is 11.5 Å². The first-order valence-corrected chi connectivity index (χ1v) is 6.62. The molecule has 0 spiro atoms. The molecule has 0 radical (unpaired) electrons. The summed E-state index contributed by atoms with van der Waals surface area (Å²) in [5, 5.41) is 10.2. The molecule has 0 aliphatic heterocycles. The number of allylic oxidation sites excluding steroid dienone is 3. The molecule has 1 aromatic rings. The second kappa shape index (κ2) is 8.05. The lowest BCUT2D eigenvalue weighted by atomic mass is 9.95. The molecule has 0 unspecified atom stereocenters. The molecule has 0 bridgehead atoms. The van der Waals surface area contributed by atoms with Gasteiger partial charge < -0.3 is 9.84 Å². The van der Waals surface area contributed by atoms with Gasteiger partial charge in [0.15, 0.2) is 0 Å². The third-order valence-corrected chi connectivity index (χ3v) is 2.96. The third-order valence-electron chi connectivity index (χ3n) is 2.96. The summed E-state index contributed by atoms with van der Waals surface area (Å²) in [7, 11) is 0. The number of ether oxygens (including phenoxy) is 1. The zero-order chi connectivity index (χ0) is 15.0. The number of hydrogen-bond acceptors (Lipinski definition) is 2. The molecule has 0 heterocycles. The van der Waals surface area contributed by atoms with Crippen molar-refractivity contribution < 1.29 is 9.84 Å². The van der Waals surface area contributed by atoms with Crippen LogP contribution >= 0.6 is 0 Å². The molecule has 0 aromatic heterocycles. The van der Waals surface area contributed by atoms with E-state index < -0.39 is 0 Å². The largest absolute Gasteiger partial charge is 0.508 e. The summed E-state index contributed by atoms with van der Waals surface area (Å²) in [5.74, 6) is 1.06. The van der Waals surface area contributed by atoms with Crippen LogP contribution in [-0.2, 0) is 19.3 Å². The second-order valence-corrected chi connectivity index (χ2v) is 4.42. The molecule has 0 aliphatic rings. The van der Waals surface area contributed by atoms with Gasteiger partial charge in [-0.2, -0.15) is 0 Å². The van der Waals surface area contributed by atoms with E-state index in [-0.39, 0.29) is 5.75 Å². The smallest absolute Gasteiger partial charge is 0.127 e. The lowest BCUT2D eigenvalue weighted by Gasteiger charge is -2.18. The minimum atomic E-state index is 0.268. The van der Waals surface area contributed by atoms with Crippen LogP contribution in [0.2, 0.25) is 0 Å². The molecule has 0 saturated carbocycles. The van der Waals surface area contributed by atoms with Crippen molar-refractivity contribution in [1.82, 2.24) is 0 Å². The molecule has 0 aliphatic carbocycles. The molecular formula is C18H22O2. The Kier molecular flexibility index (Phi) is 6.38. The van der Waals surface area contributed by atoms with Crippen LogP contribution in [0.15, 0.2) is 56.7 Å². The van der Waals surface area contributed by atoms with Crippen LogP contribution < -0.4 is 4.74 Å². The molecule has 2 nitrogen and oxygen atoms in total. The van der Waals surface area contributed by atoms with Gasteiger partial charge >= 0.3 is 0 Å². The van der Waals surface area contributed by atoms with Crippen LogP contribution in [0.3, 0.4) is 0 Å². The highest BCUT2D eigenvalue weighted by Gasteiger charge is 2.16. The molecule has 0 fully saturated rings. The van der Waals surface area contributed by atoms with Crippen molar-refractivity contribution >= 4 is 0 Å². The van der Waals surface area contributed by atoms with E-state index in [2.05, 4.69) is 26.3 Å². The Morgan fingerprint density at radius 1 is 0.900 bits per heavy atom. The van der Waals surface area contributed by atoms with Gasteiger partial charge in [-0.25, -0.2) is 0 Å². The van der Waals surface area contributed by atoms with Crippen LogP contribution in [0.25, 0.3) is 0 Å². The number of aromatic hydroxyl groups is 1. The van der Waals surface area contributed by atoms with E-state index in [0.717, 1.165) is 22.4 Å². The van der Waals surface area contributed by atoms with Gasteiger partial charge in [-0.3, -0.25) is 0 Å². The quantitative estimate of drug-likeness (QED) is 0.683. The Morgan fingerprint density at radius 3 is 2.05 bits per heavy atom. The Bertz CT molecular complexity index is 513. The summed E-state index contributed by atoms with van der Waals surface area (Å²) in [6.07, 6.45) is 8.93. The fourth-order valence-corrected chi connectivity index (χ4v) is 2.16. The van der Waals surface area contributed by atoms with E-state index in [4.69, 9.17) is 4.74 Å². The number of benzene rings is 1. The topological polar surface area (TPSA) is 29.5 Å². The van der Waals surface area contributed by atoms with Gasteiger partial charge in [-0.1, -0.05) is 30.9 Å². The molecule has 0 amide bonds. The van der Waals surface area contributed by atoms with Gasteiger partial charge in [0.05, 0.1) is 0 Å². The van der Waals surface area contributed by atoms with Gasteiger partial charge in [0.1, 0.15) is 18.1 Å². The molecule has 1 rings (SSSR count). The summed E-state index contributed by atoms with van der Waals surface area (Å²) in [6.45, 7) is 15.4. The molecule has 2 heteroatoms. The van der Waals surface area contributed by atoms with Crippen molar-refractivity contribution in [3.05, 3.63) is 73.4 Å². The van der Waals surface area contributed by atoms with E-state index in [9.17, 15) is 5.11 Å². The number of phenolic OH excluding ortho intramolecular Hbond substituents is 1.